The van der Waals surface area contributed by atoms with Gasteiger partial charge in [-0.05, 0) is 35.9 Å². The molecule has 0 bridgehead atoms. The lowest BCUT2D eigenvalue weighted by Gasteiger charge is -2.20. The largest absolute Gasteiger partial charge is 0.423 e. The third-order valence-electron chi connectivity index (χ3n) is 4.50. The first kappa shape index (κ1) is 18.6. The maximum Gasteiger partial charge on any atom is 0.416 e. The smallest absolute Gasteiger partial charge is 0.416 e. The molecular weight excluding hydrogens is 351 g/mol. The topological polar surface area (TPSA) is 66.0 Å². The van der Waals surface area contributed by atoms with Gasteiger partial charge < -0.3 is 14.5 Å². The highest BCUT2D eigenvalue weighted by molar-refractivity contribution is 5.90. The van der Waals surface area contributed by atoms with Crippen molar-refractivity contribution in [3.8, 4) is 11.1 Å². The van der Waals surface area contributed by atoms with Gasteiger partial charge in [-0.1, -0.05) is 0 Å². The number of halogens is 1. The molecule has 1 saturated heterocycles. The number of carbonyl (C=O) groups is 2. The van der Waals surface area contributed by atoms with E-state index in [1.54, 1.807) is 37.5 Å². The van der Waals surface area contributed by atoms with Gasteiger partial charge in [0.1, 0.15) is 11.6 Å². The van der Waals surface area contributed by atoms with Crippen LogP contribution in [0.4, 0.5) is 20.7 Å². The Labute approximate surface area is 157 Å². The highest BCUT2D eigenvalue weighted by Crippen LogP contribution is 2.30. The van der Waals surface area contributed by atoms with Gasteiger partial charge in [-0.15, -0.1) is 0 Å². The number of benzene rings is 1. The molecule has 0 N–H and O–H groups in total. The number of rotatable bonds is 4. The summed E-state index contributed by atoms with van der Waals surface area (Å²) >= 11 is 0. The number of cyclic esters (lactones) is 1. The predicted octanol–water partition coefficient (Wildman–Crippen LogP) is 2.71. The number of amides is 2. The maximum atomic E-state index is 14.8. The summed E-state index contributed by atoms with van der Waals surface area (Å²) in [6, 6.07) is 8.09. The number of anilines is 2. The number of carbonyl (C=O) groups excluding carboxylic acids is 2. The van der Waals surface area contributed by atoms with Gasteiger partial charge in [0.2, 0.25) is 5.91 Å². The van der Waals surface area contributed by atoms with Crippen LogP contribution in [0.3, 0.4) is 0 Å². The van der Waals surface area contributed by atoms with E-state index in [-0.39, 0.29) is 12.5 Å². The van der Waals surface area contributed by atoms with Crippen LogP contribution in [-0.2, 0) is 9.53 Å². The monoisotopic (exact) mass is 372 g/mol. The first-order valence-corrected chi connectivity index (χ1v) is 8.42. The van der Waals surface area contributed by atoms with Crippen molar-refractivity contribution in [2.75, 3.05) is 37.5 Å². The van der Waals surface area contributed by atoms with Crippen molar-refractivity contribution in [2.24, 2.45) is 0 Å². The molecule has 0 radical (unpaired) electrons. The predicted molar refractivity (Wildman–Crippen MR) is 100 cm³/mol. The molecule has 3 rings (SSSR count). The van der Waals surface area contributed by atoms with E-state index in [1.165, 1.54) is 22.8 Å². The molecule has 0 unspecified atom stereocenters. The normalized spacial score (nSPS) is 16.3. The molecule has 2 heterocycles. The summed E-state index contributed by atoms with van der Waals surface area (Å²) in [6.07, 6.45) is 0.317. The van der Waals surface area contributed by atoms with Crippen LogP contribution in [0.2, 0.25) is 0 Å². The van der Waals surface area contributed by atoms with Crippen LogP contribution in [0.25, 0.3) is 11.1 Å². The Hall–Kier alpha value is -3.16. The van der Waals surface area contributed by atoms with Gasteiger partial charge in [-0.3, -0.25) is 9.69 Å². The SMILES string of the molecule is CC(=O)N(C)[C@@H]1CN(c2ccc(-c3ccnc(N(C)C)c3)c(F)c2)C(=O)O1. The van der Waals surface area contributed by atoms with Crippen LogP contribution in [0.15, 0.2) is 36.5 Å². The molecule has 7 nitrogen and oxygen atoms in total. The minimum Gasteiger partial charge on any atom is -0.423 e. The number of hydrogen-bond donors (Lipinski definition) is 0. The molecule has 1 aromatic heterocycles. The molecule has 1 aliphatic rings. The summed E-state index contributed by atoms with van der Waals surface area (Å²) in [6.45, 7) is 1.54. The quantitative estimate of drug-likeness (QED) is 0.826. The second-order valence-electron chi connectivity index (χ2n) is 6.54. The zero-order valence-electron chi connectivity index (χ0n) is 15.6. The Bertz CT molecular complexity index is 887. The fourth-order valence-corrected chi connectivity index (χ4v) is 2.80. The van der Waals surface area contributed by atoms with Gasteiger partial charge >= 0.3 is 6.09 Å². The number of hydrogen-bond acceptors (Lipinski definition) is 5. The summed E-state index contributed by atoms with van der Waals surface area (Å²) in [4.78, 5) is 32.3. The van der Waals surface area contributed by atoms with Gasteiger partial charge in [-0.25, -0.2) is 14.2 Å². The highest BCUT2D eigenvalue weighted by Gasteiger charge is 2.36. The standard InChI is InChI=1S/C19H21FN4O3/c1-12(25)23(4)18-11-24(19(26)27-18)14-5-6-15(16(20)10-14)13-7-8-21-17(9-13)22(2)3/h5-10,18H,11H2,1-4H3/t18-/m0/s1. The van der Waals surface area contributed by atoms with E-state index in [0.29, 0.717) is 22.6 Å². The van der Waals surface area contributed by atoms with Crippen molar-refractivity contribution in [1.82, 2.24) is 9.88 Å². The van der Waals surface area contributed by atoms with Crippen molar-refractivity contribution in [2.45, 2.75) is 13.2 Å². The first-order valence-electron chi connectivity index (χ1n) is 8.42. The molecular formula is C19H21FN4O3. The van der Waals surface area contributed by atoms with Crippen LogP contribution in [0.5, 0.6) is 0 Å². The molecule has 1 atom stereocenters. The van der Waals surface area contributed by atoms with Crippen LogP contribution in [0, 0.1) is 5.82 Å². The first-order chi connectivity index (χ1) is 12.8. The Morgan fingerprint density at radius 1 is 1.26 bits per heavy atom. The van der Waals surface area contributed by atoms with Crippen molar-refractivity contribution < 1.29 is 18.7 Å². The molecule has 142 valence electrons. The molecule has 2 amide bonds. The highest BCUT2D eigenvalue weighted by atomic mass is 19.1. The number of likely N-dealkylation sites (N-methyl/N-ethyl adjacent to an activating group) is 1. The van der Waals surface area contributed by atoms with Gasteiger partial charge in [0.05, 0.1) is 12.2 Å². The molecule has 8 heteroatoms. The fraction of sp³-hybridized carbons (Fsp3) is 0.316. The van der Waals surface area contributed by atoms with E-state index in [2.05, 4.69) is 4.98 Å². The zero-order chi connectivity index (χ0) is 19.7. The molecule has 1 fully saturated rings. The molecule has 27 heavy (non-hydrogen) atoms. The number of aromatic nitrogens is 1. The van der Waals surface area contributed by atoms with E-state index in [0.717, 1.165) is 0 Å². The maximum absolute atomic E-state index is 14.8. The molecule has 0 aliphatic carbocycles. The summed E-state index contributed by atoms with van der Waals surface area (Å²) in [5.74, 6) is 0.0411. The van der Waals surface area contributed by atoms with E-state index in [1.807, 2.05) is 19.0 Å². The average molecular weight is 372 g/mol. The Morgan fingerprint density at radius 3 is 2.63 bits per heavy atom. The van der Waals surface area contributed by atoms with Crippen LogP contribution >= 0.6 is 0 Å². The second-order valence-corrected chi connectivity index (χ2v) is 6.54. The lowest BCUT2D eigenvalue weighted by molar-refractivity contribution is -0.134. The van der Waals surface area contributed by atoms with E-state index in [9.17, 15) is 14.0 Å². The summed E-state index contributed by atoms with van der Waals surface area (Å²) in [5, 5.41) is 0. The third kappa shape index (κ3) is 3.69. The van der Waals surface area contributed by atoms with Gasteiger partial charge in [0, 0.05) is 39.8 Å². The minimum atomic E-state index is -0.694. The molecule has 1 aromatic carbocycles. The van der Waals surface area contributed by atoms with Crippen LogP contribution in [0.1, 0.15) is 6.92 Å². The summed E-state index contributed by atoms with van der Waals surface area (Å²) in [5.41, 5.74) is 1.48. The molecule has 2 aromatic rings. The minimum absolute atomic E-state index is 0.147. The number of nitrogens with zero attached hydrogens (tertiary/aromatic N) is 4. The van der Waals surface area contributed by atoms with Gasteiger partial charge in [-0.2, -0.15) is 0 Å². The van der Waals surface area contributed by atoms with Crippen molar-refractivity contribution in [3.05, 3.63) is 42.3 Å². The molecule has 0 spiro atoms. The summed E-state index contributed by atoms with van der Waals surface area (Å²) < 4.78 is 20.0. The van der Waals surface area contributed by atoms with Crippen LogP contribution < -0.4 is 9.80 Å². The average Bonchev–Trinajstić information content (AvgIpc) is 3.02. The van der Waals surface area contributed by atoms with Crippen molar-refractivity contribution in [1.29, 1.82) is 0 Å². The Balaban J connectivity index is 1.86. The Kier molecular flexibility index (Phi) is 4.98. The Morgan fingerprint density at radius 2 is 2.00 bits per heavy atom. The lowest BCUT2D eigenvalue weighted by atomic mass is 10.1. The molecule has 1 aliphatic heterocycles. The van der Waals surface area contributed by atoms with E-state index < -0.39 is 18.1 Å². The van der Waals surface area contributed by atoms with Crippen molar-refractivity contribution >= 4 is 23.5 Å². The van der Waals surface area contributed by atoms with Gasteiger partial charge in [0.15, 0.2) is 6.23 Å². The number of ether oxygens (including phenoxy) is 1. The third-order valence-corrected chi connectivity index (χ3v) is 4.50. The zero-order valence-corrected chi connectivity index (χ0v) is 15.6. The van der Waals surface area contributed by atoms with Gasteiger partial charge in [0.25, 0.3) is 0 Å². The van der Waals surface area contributed by atoms with E-state index in [4.69, 9.17) is 4.74 Å². The van der Waals surface area contributed by atoms with Crippen LogP contribution in [-0.4, -0.2) is 55.8 Å². The van der Waals surface area contributed by atoms with Crippen molar-refractivity contribution in [3.63, 3.8) is 0 Å². The van der Waals surface area contributed by atoms with E-state index >= 15 is 0 Å². The second kappa shape index (κ2) is 7.22. The number of pyridine rings is 1. The fourth-order valence-electron chi connectivity index (χ4n) is 2.80. The summed E-state index contributed by atoms with van der Waals surface area (Å²) in [7, 11) is 5.28. The molecule has 0 saturated carbocycles. The lowest BCUT2D eigenvalue weighted by Crippen LogP contribution is -2.38.